The van der Waals surface area contributed by atoms with Gasteiger partial charge < -0.3 is 19.4 Å². The quantitative estimate of drug-likeness (QED) is 0.456. The number of carbonyl (C=O) groups is 1. The Morgan fingerprint density at radius 2 is 1.89 bits per heavy atom. The van der Waals surface area contributed by atoms with Crippen molar-refractivity contribution in [1.29, 1.82) is 0 Å². The van der Waals surface area contributed by atoms with Crippen LogP contribution in [0.4, 0.5) is 14.7 Å². The standard InChI is InChI=1S/C25H24F2N6O2/c1-16-20(12-17-4-2-3-5-21(17)35-24(26)27)33-15-18(6-7-22(33)31-16)19-13-29-25(30-14-19)32-10-8-23(34)28-9-11-32/h2-7,13-15,24H,8-12H2,1H3,(H,28,34). The van der Waals surface area contributed by atoms with E-state index in [1.807, 2.05) is 34.6 Å². The van der Waals surface area contributed by atoms with Crippen LogP contribution in [-0.2, 0) is 11.2 Å². The van der Waals surface area contributed by atoms with E-state index in [1.165, 1.54) is 0 Å². The molecule has 1 aliphatic heterocycles. The largest absolute Gasteiger partial charge is 0.435 e. The van der Waals surface area contributed by atoms with Gasteiger partial charge in [-0.2, -0.15) is 8.78 Å². The summed E-state index contributed by atoms with van der Waals surface area (Å²) in [5.41, 5.74) is 4.83. The number of alkyl halides is 2. The molecule has 0 bridgehead atoms. The Hall–Kier alpha value is -4.08. The highest BCUT2D eigenvalue weighted by Crippen LogP contribution is 2.27. The number of nitrogens with zero attached hydrogens (tertiary/aromatic N) is 5. The van der Waals surface area contributed by atoms with E-state index in [9.17, 15) is 13.6 Å². The lowest BCUT2D eigenvalue weighted by atomic mass is 10.1. The summed E-state index contributed by atoms with van der Waals surface area (Å²) in [7, 11) is 0. The van der Waals surface area contributed by atoms with Gasteiger partial charge in [0.2, 0.25) is 11.9 Å². The molecule has 180 valence electrons. The first-order valence-corrected chi connectivity index (χ1v) is 11.3. The smallest absolute Gasteiger partial charge is 0.387 e. The molecule has 4 aromatic rings. The van der Waals surface area contributed by atoms with Crippen LogP contribution in [0.15, 0.2) is 55.0 Å². The Morgan fingerprint density at radius 1 is 1.09 bits per heavy atom. The van der Waals surface area contributed by atoms with Crippen molar-refractivity contribution < 1.29 is 18.3 Å². The number of pyridine rings is 1. The topological polar surface area (TPSA) is 84.7 Å². The maximum absolute atomic E-state index is 12.9. The lowest BCUT2D eigenvalue weighted by molar-refractivity contribution is -0.120. The van der Waals surface area contributed by atoms with Crippen molar-refractivity contribution >= 4 is 17.5 Å². The second-order valence-corrected chi connectivity index (χ2v) is 8.31. The number of hydrogen-bond acceptors (Lipinski definition) is 6. The summed E-state index contributed by atoms with van der Waals surface area (Å²) in [6.07, 6.45) is 6.28. The van der Waals surface area contributed by atoms with E-state index in [4.69, 9.17) is 4.74 Å². The predicted molar refractivity (Wildman–Crippen MR) is 127 cm³/mol. The molecule has 3 aromatic heterocycles. The first-order chi connectivity index (χ1) is 17.0. The van der Waals surface area contributed by atoms with Crippen LogP contribution in [0, 0.1) is 6.92 Å². The summed E-state index contributed by atoms with van der Waals surface area (Å²) in [5.74, 6) is 0.774. The summed E-state index contributed by atoms with van der Waals surface area (Å²) in [6.45, 7) is 0.809. The number of benzene rings is 1. The minimum Gasteiger partial charge on any atom is -0.435 e. The van der Waals surface area contributed by atoms with E-state index >= 15 is 0 Å². The van der Waals surface area contributed by atoms with Crippen LogP contribution in [0.2, 0.25) is 0 Å². The molecule has 5 rings (SSSR count). The van der Waals surface area contributed by atoms with E-state index in [2.05, 4.69) is 20.3 Å². The van der Waals surface area contributed by atoms with E-state index in [0.717, 1.165) is 28.2 Å². The Morgan fingerprint density at radius 3 is 2.69 bits per heavy atom. The fourth-order valence-electron chi connectivity index (χ4n) is 4.24. The maximum atomic E-state index is 12.9. The zero-order chi connectivity index (χ0) is 24.4. The second kappa shape index (κ2) is 9.65. The van der Waals surface area contributed by atoms with Crippen molar-refractivity contribution in [3.63, 3.8) is 0 Å². The van der Waals surface area contributed by atoms with Crippen molar-refractivity contribution in [2.24, 2.45) is 0 Å². The molecule has 1 fully saturated rings. The molecule has 1 saturated heterocycles. The second-order valence-electron chi connectivity index (χ2n) is 8.31. The number of aryl methyl sites for hydroxylation is 1. The molecule has 35 heavy (non-hydrogen) atoms. The van der Waals surface area contributed by atoms with Crippen LogP contribution in [-0.4, -0.2) is 51.5 Å². The van der Waals surface area contributed by atoms with Crippen molar-refractivity contribution in [2.45, 2.75) is 26.4 Å². The lowest BCUT2D eigenvalue weighted by Crippen LogP contribution is -2.29. The number of anilines is 1. The third-order valence-corrected chi connectivity index (χ3v) is 6.03. The third-order valence-electron chi connectivity index (χ3n) is 6.03. The molecule has 0 aliphatic carbocycles. The number of hydrogen-bond donors (Lipinski definition) is 1. The fourth-order valence-corrected chi connectivity index (χ4v) is 4.24. The normalized spacial score (nSPS) is 14.3. The number of rotatable bonds is 6. The van der Waals surface area contributed by atoms with Crippen LogP contribution in [0.1, 0.15) is 23.4 Å². The average molecular weight is 479 g/mol. The van der Waals surface area contributed by atoms with E-state index in [0.29, 0.717) is 44.0 Å². The molecule has 10 heteroatoms. The molecule has 1 amide bonds. The summed E-state index contributed by atoms with van der Waals surface area (Å²) in [6, 6.07) is 10.6. The van der Waals surface area contributed by atoms with Crippen molar-refractivity contribution in [3.8, 4) is 16.9 Å². The Kier molecular flexibility index (Phi) is 6.26. The number of imidazole rings is 1. The highest BCUT2D eigenvalue weighted by molar-refractivity contribution is 5.77. The Bertz CT molecular complexity index is 1360. The number of ether oxygens (including phenoxy) is 1. The van der Waals surface area contributed by atoms with Gasteiger partial charge in [0, 0.05) is 73.5 Å². The molecule has 0 atom stereocenters. The molecule has 0 radical (unpaired) electrons. The van der Waals surface area contributed by atoms with Gasteiger partial charge in [0.25, 0.3) is 0 Å². The summed E-state index contributed by atoms with van der Waals surface area (Å²) in [4.78, 5) is 27.3. The number of nitrogens with one attached hydrogen (secondary N) is 1. The number of carbonyl (C=O) groups excluding carboxylic acids is 1. The maximum Gasteiger partial charge on any atom is 0.387 e. The monoisotopic (exact) mass is 478 g/mol. The predicted octanol–water partition coefficient (Wildman–Crippen LogP) is 3.62. The van der Waals surface area contributed by atoms with Crippen LogP contribution >= 0.6 is 0 Å². The highest BCUT2D eigenvalue weighted by Gasteiger charge is 2.17. The molecule has 1 aromatic carbocycles. The molecule has 1 N–H and O–H groups in total. The Labute approximate surface area is 200 Å². The molecule has 0 saturated carbocycles. The molecule has 0 spiro atoms. The number of aromatic nitrogens is 4. The summed E-state index contributed by atoms with van der Waals surface area (Å²) >= 11 is 0. The first kappa shape index (κ1) is 22.7. The minimum absolute atomic E-state index is 0.0345. The third kappa shape index (κ3) is 4.91. The number of para-hydroxylation sites is 1. The molecular formula is C25H24F2N6O2. The molecule has 1 aliphatic rings. The van der Waals surface area contributed by atoms with Gasteiger partial charge in [-0.3, -0.25) is 4.79 Å². The van der Waals surface area contributed by atoms with Crippen LogP contribution in [0.5, 0.6) is 5.75 Å². The van der Waals surface area contributed by atoms with Gasteiger partial charge in [0.15, 0.2) is 0 Å². The zero-order valence-corrected chi connectivity index (χ0v) is 19.1. The van der Waals surface area contributed by atoms with Gasteiger partial charge in [-0.15, -0.1) is 0 Å². The number of amides is 1. The summed E-state index contributed by atoms with van der Waals surface area (Å²) < 4.78 is 32.4. The first-order valence-electron chi connectivity index (χ1n) is 11.3. The van der Waals surface area contributed by atoms with Crippen LogP contribution < -0.4 is 15.0 Å². The van der Waals surface area contributed by atoms with Gasteiger partial charge >= 0.3 is 6.61 Å². The van der Waals surface area contributed by atoms with Crippen LogP contribution in [0.25, 0.3) is 16.8 Å². The van der Waals surface area contributed by atoms with E-state index < -0.39 is 6.61 Å². The SMILES string of the molecule is Cc1nc2ccc(-c3cnc(N4CCNC(=O)CC4)nc3)cn2c1Cc1ccccc1OC(F)F. The summed E-state index contributed by atoms with van der Waals surface area (Å²) in [5, 5.41) is 2.85. The minimum atomic E-state index is -2.89. The average Bonchev–Trinajstić information content (AvgIpc) is 3.00. The van der Waals surface area contributed by atoms with Crippen molar-refractivity contribution in [1.82, 2.24) is 24.7 Å². The highest BCUT2D eigenvalue weighted by atomic mass is 19.3. The van der Waals surface area contributed by atoms with Gasteiger partial charge in [-0.25, -0.2) is 15.0 Å². The molecule has 0 unspecified atom stereocenters. The molecular weight excluding hydrogens is 454 g/mol. The number of halogens is 2. The van der Waals surface area contributed by atoms with Gasteiger partial charge in [-0.05, 0) is 25.1 Å². The van der Waals surface area contributed by atoms with Gasteiger partial charge in [0.1, 0.15) is 11.4 Å². The zero-order valence-electron chi connectivity index (χ0n) is 19.1. The number of fused-ring (bicyclic) bond motifs is 1. The van der Waals surface area contributed by atoms with E-state index in [1.54, 1.807) is 36.7 Å². The van der Waals surface area contributed by atoms with Crippen LogP contribution in [0.3, 0.4) is 0 Å². The fraction of sp³-hybridized carbons (Fsp3) is 0.280. The van der Waals surface area contributed by atoms with Crippen molar-refractivity contribution in [3.05, 3.63) is 71.9 Å². The Balaban J connectivity index is 1.43. The van der Waals surface area contributed by atoms with Gasteiger partial charge in [-0.1, -0.05) is 18.2 Å². The molecule has 4 heterocycles. The van der Waals surface area contributed by atoms with E-state index in [-0.39, 0.29) is 11.7 Å². The lowest BCUT2D eigenvalue weighted by Gasteiger charge is -2.19. The van der Waals surface area contributed by atoms with Crippen molar-refractivity contribution in [2.75, 3.05) is 24.5 Å². The van der Waals surface area contributed by atoms with Gasteiger partial charge in [0.05, 0.1) is 5.69 Å². The molecule has 8 nitrogen and oxygen atoms in total.